The smallest absolute Gasteiger partial charge is 0.378 e. The first-order valence-electron chi connectivity index (χ1n) is 8.14. The van der Waals surface area contributed by atoms with Crippen LogP contribution >= 0.6 is 0 Å². The van der Waals surface area contributed by atoms with Crippen LogP contribution in [0, 0.1) is 0 Å². The van der Waals surface area contributed by atoms with E-state index in [9.17, 15) is 22.8 Å². The molecule has 1 fully saturated rings. The fourth-order valence-electron chi connectivity index (χ4n) is 2.72. The third-order valence-corrected chi connectivity index (χ3v) is 4.10. The number of carbonyl (C=O) groups excluding carboxylic acids is 2. The summed E-state index contributed by atoms with van der Waals surface area (Å²) >= 11 is 0. The number of nitrogens with one attached hydrogen (secondary N) is 1. The zero-order valence-corrected chi connectivity index (χ0v) is 14.3. The highest BCUT2D eigenvalue weighted by molar-refractivity contribution is 5.95. The quantitative estimate of drug-likeness (QED) is 0.901. The zero-order chi connectivity index (χ0) is 18.6. The van der Waals surface area contributed by atoms with Crippen molar-refractivity contribution in [3.63, 3.8) is 0 Å². The Morgan fingerprint density at radius 3 is 2.60 bits per heavy atom. The molecule has 0 saturated carbocycles. The standard InChI is InChI=1S/C17H22F3N3O2/c1-22(2)12-7-8-14(13(10-12)17(18,19)20)21-15(24)11-23-9-5-3-4-6-16(23)25/h7-8,10H,3-6,9,11H2,1-2H3,(H,21,24). The normalized spacial score (nSPS) is 15.7. The molecule has 138 valence electrons. The van der Waals surface area contributed by atoms with E-state index in [1.54, 1.807) is 19.0 Å². The Kier molecular flexibility index (Phi) is 5.92. The number of rotatable bonds is 4. The molecule has 1 aliphatic rings. The molecule has 0 aliphatic carbocycles. The van der Waals surface area contributed by atoms with Gasteiger partial charge in [0, 0.05) is 32.7 Å². The number of hydrogen-bond donors (Lipinski definition) is 1. The molecule has 1 N–H and O–H groups in total. The van der Waals surface area contributed by atoms with E-state index in [4.69, 9.17) is 0 Å². The van der Waals surface area contributed by atoms with E-state index >= 15 is 0 Å². The molecule has 1 saturated heterocycles. The number of halogens is 3. The summed E-state index contributed by atoms with van der Waals surface area (Å²) in [4.78, 5) is 27.0. The van der Waals surface area contributed by atoms with Gasteiger partial charge in [0.1, 0.15) is 0 Å². The largest absolute Gasteiger partial charge is 0.418 e. The third kappa shape index (κ3) is 5.11. The minimum atomic E-state index is -4.59. The van der Waals surface area contributed by atoms with Crippen molar-refractivity contribution in [2.75, 3.05) is 37.4 Å². The Labute approximate surface area is 144 Å². The van der Waals surface area contributed by atoms with Crippen molar-refractivity contribution in [3.8, 4) is 0 Å². The van der Waals surface area contributed by atoms with Crippen molar-refractivity contribution < 1.29 is 22.8 Å². The van der Waals surface area contributed by atoms with Gasteiger partial charge in [-0.1, -0.05) is 6.42 Å². The summed E-state index contributed by atoms with van der Waals surface area (Å²) in [6, 6.07) is 3.73. The molecule has 0 spiro atoms. The van der Waals surface area contributed by atoms with Crippen molar-refractivity contribution in [1.82, 2.24) is 4.90 Å². The lowest BCUT2D eigenvalue weighted by Gasteiger charge is -2.22. The first-order valence-corrected chi connectivity index (χ1v) is 8.14. The summed E-state index contributed by atoms with van der Waals surface area (Å²) in [5.74, 6) is -0.759. The van der Waals surface area contributed by atoms with E-state index in [0.717, 1.165) is 25.3 Å². The topological polar surface area (TPSA) is 52.7 Å². The first-order chi connectivity index (χ1) is 11.7. The maximum Gasteiger partial charge on any atom is 0.418 e. The molecule has 0 unspecified atom stereocenters. The summed E-state index contributed by atoms with van der Waals surface area (Å²) in [6.45, 7) is 0.226. The van der Waals surface area contributed by atoms with Crippen LogP contribution in [0.5, 0.6) is 0 Å². The lowest BCUT2D eigenvalue weighted by atomic mass is 10.1. The number of alkyl halides is 3. The minimum Gasteiger partial charge on any atom is -0.378 e. The number of benzene rings is 1. The Morgan fingerprint density at radius 1 is 1.24 bits per heavy atom. The van der Waals surface area contributed by atoms with E-state index in [0.29, 0.717) is 18.7 Å². The summed E-state index contributed by atoms with van der Waals surface area (Å²) in [7, 11) is 3.28. The van der Waals surface area contributed by atoms with Crippen molar-refractivity contribution >= 4 is 23.2 Å². The number of hydrogen-bond acceptors (Lipinski definition) is 3. The fourth-order valence-corrected chi connectivity index (χ4v) is 2.72. The lowest BCUT2D eigenvalue weighted by Crippen LogP contribution is -2.37. The van der Waals surface area contributed by atoms with E-state index in [-0.39, 0.29) is 18.1 Å². The molecule has 1 aromatic rings. The maximum atomic E-state index is 13.3. The van der Waals surface area contributed by atoms with Crippen LogP contribution in [0.1, 0.15) is 31.2 Å². The predicted octanol–water partition coefficient (Wildman–Crippen LogP) is 3.11. The van der Waals surface area contributed by atoms with Gasteiger partial charge in [-0.3, -0.25) is 9.59 Å². The van der Waals surface area contributed by atoms with Crippen LogP contribution in [0.4, 0.5) is 24.5 Å². The average molecular weight is 357 g/mol. The van der Waals surface area contributed by atoms with Gasteiger partial charge >= 0.3 is 6.18 Å². The van der Waals surface area contributed by atoms with E-state index in [1.807, 2.05) is 0 Å². The van der Waals surface area contributed by atoms with Gasteiger partial charge in [0.15, 0.2) is 0 Å². The Hall–Kier alpha value is -2.25. The first kappa shape index (κ1) is 19.1. The highest BCUT2D eigenvalue weighted by Crippen LogP contribution is 2.37. The van der Waals surface area contributed by atoms with Gasteiger partial charge in [0.05, 0.1) is 17.8 Å². The van der Waals surface area contributed by atoms with Gasteiger partial charge in [-0.05, 0) is 31.0 Å². The number of anilines is 2. The van der Waals surface area contributed by atoms with E-state index in [1.165, 1.54) is 17.0 Å². The van der Waals surface area contributed by atoms with Crippen LogP contribution in [0.15, 0.2) is 18.2 Å². The van der Waals surface area contributed by atoms with Gasteiger partial charge in [0.25, 0.3) is 0 Å². The number of nitrogens with zero attached hydrogens (tertiary/aromatic N) is 2. The van der Waals surface area contributed by atoms with Crippen LogP contribution < -0.4 is 10.2 Å². The zero-order valence-electron chi connectivity index (χ0n) is 14.3. The van der Waals surface area contributed by atoms with Gasteiger partial charge < -0.3 is 15.1 Å². The second-order valence-electron chi connectivity index (χ2n) is 6.30. The van der Waals surface area contributed by atoms with Crippen LogP contribution in [0.2, 0.25) is 0 Å². The van der Waals surface area contributed by atoms with Gasteiger partial charge in [0.2, 0.25) is 11.8 Å². The molecule has 1 heterocycles. The Balaban J connectivity index is 2.15. The SMILES string of the molecule is CN(C)c1ccc(NC(=O)CN2CCCCCC2=O)c(C(F)(F)F)c1. The second kappa shape index (κ2) is 7.76. The predicted molar refractivity (Wildman–Crippen MR) is 89.4 cm³/mol. The van der Waals surface area contributed by atoms with Crippen molar-refractivity contribution in [1.29, 1.82) is 0 Å². The number of amides is 2. The monoisotopic (exact) mass is 357 g/mol. The molecule has 1 aliphatic heterocycles. The third-order valence-electron chi connectivity index (χ3n) is 4.10. The van der Waals surface area contributed by atoms with Gasteiger partial charge in [-0.15, -0.1) is 0 Å². The molecule has 8 heteroatoms. The van der Waals surface area contributed by atoms with Crippen LogP contribution in [0.3, 0.4) is 0 Å². The van der Waals surface area contributed by atoms with Crippen molar-refractivity contribution in [2.45, 2.75) is 31.9 Å². The van der Waals surface area contributed by atoms with Crippen LogP contribution in [0.25, 0.3) is 0 Å². The summed E-state index contributed by atoms with van der Waals surface area (Å²) < 4.78 is 39.8. The van der Waals surface area contributed by atoms with Crippen LogP contribution in [-0.2, 0) is 15.8 Å². The molecule has 0 aromatic heterocycles. The highest BCUT2D eigenvalue weighted by atomic mass is 19.4. The average Bonchev–Trinajstić information content (AvgIpc) is 2.71. The molecule has 25 heavy (non-hydrogen) atoms. The molecule has 2 rings (SSSR count). The highest BCUT2D eigenvalue weighted by Gasteiger charge is 2.34. The molecule has 1 aromatic carbocycles. The van der Waals surface area contributed by atoms with Crippen LogP contribution in [-0.4, -0.2) is 43.9 Å². The molecule has 5 nitrogen and oxygen atoms in total. The van der Waals surface area contributed by atoms with Crippen molar-refractivity contribution in [3.05, 3.63) is 23.8 Å². The number of likely N-dealkylation sites (tertiary alicyclic amines) is 1. The molecular formula is C17H22F3N3O2. The summed E-state index contributed by atoms with van der Waals surface area (Å²) in [5, 5.41) is 2.30. The van der Waals surface area contributed by atoms with E-state index < -0.39 is 17.6 Å². The van der Waals surface area contributed by atoms with E-state index in [2.05, 4.69) is 5.32 Å². The molecular weight excluding hydrogens is 335 g/mol. The lowest BCUT2D eigenvalue weighted by molar-refractivity contribution is -0.137. The fraction of sp³-hybridized carbons (Fsp3) is 0.529. The Bertz CT molecular complexity index is 645. The molecule has 0 atom stereocenters. The molecule has 2 amide bonds. The Morgan fingerprint density at radius 2 is 1.96 bits per heavy atom. The molecule has 0 bridgehead atoms. The van der Waals surface area contributed by atoms with Gasteiger partial charge in [-0.2, -0.15) is 13.2 Å². The molecule has 0 radical (unpaired) electrons. The summed E-state index contributed by atoms with van der Waals surface area (Å²) in [5.41, 5.74) is -0.826. The second-order valence-corrected chi connectivity index (χ2v) is 6.30. The van der Waals surface area contributed by atoms with Gasteiger partial charge in [-0.25, -0.2) is 0 Å². The summed E-state index contributed by atoms with van der Waals surface area (Å²) in [6.07, 6.45) is -1.73. The van der Waals surface area contributed by atoms with Crippen molar-refractivity contribution in [2.24, 2.45) is 0 Å². The number of carbonyl (C=O) groups is 2. The minimum absolute atomic E-state index is 0.133. The maximum absolute atomic E-state index is 13.3.